The van der Waals surface area contributed by atoms with E-state index in [0.717, 1.165) is 12.3 Å². The summed E-state index contributed by atoms with van der Waals surface area (Å²) in [4.78, 5) is 0. The Morgan fingerprint density at radius 3 is 2.39 bits per heavy atom. The van der Waals surface area contributed by atoms with Gasteiger partial charge in [0.25, 0.3) is 0 Å². The van der Waals surface area contributed by atoms with Crippen molar-refractivity contribution in [2.45, 2.75) is 33.2 Å². The molecule has 0 saturated carbocycles. The number of nitriles is 1. The minimum atomic E-state index is 0.142. The molecule has 1 unspecified atom stereocenters. The third-order valence-electron chi connectivity index (χ3n) is 2.50. The highest BCUT2D eigenvalue weighted by Crippen LogP contribution is 2.12. The maximum atomic E-state index is 8.69. The minimum absolute atomic E-state index is 0.142. The van der Waals surface area contributed by atoms with E-state index in [0.29, 0.717) is 18.1 Å². The Kier molecular flexibility index (Phi) is 5.18. The first-order valence-corrected chi connectivity index (χ1v) is 6.29. The molecule has 1 N–H and O–H groups in total. The van der Waals surface area contributed by atoms with Crippen molar-refractivity contribution in [3.8, 4) is 11.8 Å². The van der Waals surface area contributed by atoms with Crippen LogP contribution in [0.2, 0.25) is 0 Å². The monoisotopic (exact) mass is 246 g/mol. The predicted octanol–water partition coefficient (Wildman–Crippen LogP) is 2.96. The van der Waals surface area contributed by atoms with Gasteiger partial charge < -0.3 is 10.1 Å². The van der Waals surface area contributed by atoms with Gasteiger partial charge in [-0.2, -0.15) is 5.26 Å². The Hall–Kier alpha value is -1.53. The summed E-state index contributed by atoms with van der Waals surface area (Å²) >= 11 is 0. The van der Waals surface area contributed by atoms with E-state index in [1.54, 1.807) is 12.1 Å². The summed E-state index contributed by atoms with van der Waals surface area (Å²) < 4.78 is 5.68. The molecule has 0 spiro atoms. The largest absolute Gasteiger partial charge is 0.493 e. The average Bonchev–Trinajstić information content (AvgIpc) is 2.33. The zero-order chi connectivity index (χ0) is 13.6. The Labute approximate surface area is 110 Å². The molecule has 18 heavy (non-hydrogen) atoms. The van der Waals surface area contributed by atoms with Crippen molar-refractivity contribution in [2.75, 3.05) is 13.2 Å². The van der Waals surface area contributed by atoms with Crippen molar-refractivity contribution in [2.24, 2.45) is 5.92 Å². The molecule has 0 aliphatic rings. The summed E-state index contributed by atoms with van der Waals surface area (Å²) in [6.45, 7) is 10.2. The molecule has 0 bridgehead atoms. The van der Waals surface area contributed by atoms with E-state index >= 15 is 0 Å². The number of ether oxygens (including phenoxy) is 1. The first-order chi connectivity index (χ1) is 8.40. The Balaban J connectivity index is 2.33. The van der Waals surface area contributed by atoms with E-state index in [2.05, 4.69) is 39.1 Å². The third kappa shape index (κ3) is 5.70. The molecule has 98 valence electrons. The van der Waals surface area contributed by atoms with Gasteiger partial charge in [0.05, 0.1) is 18.2 Å². The quantitative estimate of drug-likeness (QED) is 0.868. The predicted molar refractivity (Wildman–Crippen MR) is 73.6 cm³/mol. The lowest BCUT2D eigenvalue weighted by Gasteiger charge is -2.23. The number of hydrogen-bond donors (Lipinski definition) is 1. The van der Waals surface area contributed by atoms with Crippen LogP contribution in [0.5, 0.6) is 5.75 Å². The van der Waals surface area contributed by atoms with E-state index in [9.17, 15) is 0 Å². The van der Waals surface area contributed by atoms with Gasteiger partial charge in [0.2, 0.25) is 0 Å². The number of rotatable bonds is 5. The summed E-state index contributed by atoms with van der Waals surface area (Å²) in [5.74, 6) is 1.26. The van der Waals surface area contributed by atoms with Crippen molar-refractivity contribution in [1.29, 1.82) is 5.26 Å². The molecule has 0 amide bonds. The van der Waals surface area contributed by atoms with Crippen LogP contribution >= 0.6 is 0 Å². The SMILES string of the molecule is CC(CNC(C)(C)C)COc1ccc(C#N)cc1. The summed E-state index contributed by atoms with van der Waals surface area (Å²) in [5.41, 5.74) is 0.799. The summed E-state index contributed by atoms with van der Waals surface area (Å²) in [5, 5.41) is 12.1. The topological polar surface area (TPSA) is 45.0 Å². The maximum absolute atomic E-state index is 8.69. The summed E-state index contributed by atoms with van der Waals surface area (Å²) in [6.07, 6.45) is 0. The molecular formula is C15H22N2O. The van der Waals surface area contributed by atoms with Gasteiger partial charge >= 0.3 is 0 Å². The maximum Gasteiger partial charge on any atom is 0.119 e. The first kappa shape index (κ1) is 14.5. The molecule has 0 aliphatic carbocycles. The molecule has 1 aromatic rings. The molecule has 0 heterocycles. The lowest BCUT2D eigenvalue weighted by atomic mass is 10.1. The van der Waals surface area contributed by atoms with Crippen LogP contribution in [0.15, 0.2) is 24.3 Å². The highest BCUT2D eigenvalue weighted by molar-refractivity contribution is 5.34. The van der Waals surface area contributed by atoms with Crippen LogP contribution in [0.1, 0.15) is 33.3 Å². The van der Waals surface area contributed by atoms with Gasteiger partial charge in [-0.05, 0) is 45.0 Å². The van der Waals surface area contributed by atoms with Crippen LogP contribution in [0.25, 0.3) is 0 Å². The van der Waals surface area contributed by atoms with Crippen molar-refractivity contribution in [1.82, 2.24) is 5.32 Å². The number of nitrogens with one attached hydrogen (secondary N) is 1. The first-order valence-electron chi connectivity index (χ1n) is 6.29. The summed E-state index contributed by atoms with van der Waals surface area (Å²) in [6, 6.07) is 9.30. The number of hydrogen-bond acceptors (Lipinski definition) is 3. The zero-order valence-electron chi connectivity index (χ0n) is 11.7. The Morgan fingerprint density at radius 1 is 1.28 bits per heavy atom. The zero-order valence-corrected chi connectivity index (χ0v) is 11.7. The van der Waals surface area contributed by atoms with Crippen LogP contribution in [0.3, 0.4) is 0 Å². The second-order valence-corrected chi connectivity index (χ2v) is 5.68. The van der Waals surface area contributed by atoms with Crippen LogP contribution in [-0.2, 0) is 0 Å². The van der Waals surface area contributed by atoms with Crippen molar-refractivity contribution in [3.63, 3.8) is 0 Å². The lowest BCUT2D eigenvalue weighted by Crippen LogP contribution is -2.39. The van der Waals surface area contributed by atoms with Gasteiger partial charge in [-0.25, -0.2) is 0 Å². The van der Waals surface area contributed by atoms with Crippen LogP contribution in [-0.4, -0.2) is 18.7 Å². The molecular weight excluding hydrogens is 224 g/mol. The van der Waals surface area contributed by atoms with E-state index in [4.69, 9.17) is 10.00 Å². The lowest BCUT2D eigenvalue weighted by molar-refractivity contribution is 0.244. The highest BCUT2D eigenvalue weighted by Gasteiger charge is 2.11. The highest BCUT2D eigenvalue weighted by atomic mass is 16.5. The van der Waals surface area contributed by atoms with Gasteiger partial charge in [0, 0.05) is 18.0 Å². The van der Waals surface area contributed by atoms with Crippen molar-refractivity contribution >= 4 is 0 Å². The van der Waals surface area contributed by atoms with Gasteiger partial charge in [-0.15, -0.1) is 0 Å². The fourth-order valence-electron chi connectivity index (χ4n) is 1.40. The van der Waals surface area contributed by atoms with E-state index in [1.165, 1.54) is 0 Å². The molecule has 0 saturated heterocycles. The fraction of sp³-hybridized carbons (Fsp3) is 0.533. The van der Waals surface area contributed by atoms with Crippen LogP contribution < -0.4 is 10.1 Å². The van der Waals surface area contributed by atoms with E-state index in [-0.39, 0.29) is 5.54 Å². The van der Waals surface area contributed by atoms with Crippen molar-refractivity contribution < 1.29 is 4.74 Å². The van der Waals surface area contributed by atoms with Gasteiger partial charge in [0.1, 0.15) is 5.75 Å². The fourth-order valence-corrected chi connectivity index (χ4v) is 1.40. The standard InChI is InChI=1S/C15H22N2O/c1-12(10-17-15(2,3)4)11-18-14-7-5-13(9-16)6-8-14/h5-8,12,17H,10-11H2,1-4H3. The van der Waals surface area contributed by atoms with Crippen molar-refractivity contribution in [3.05, 3.63) is 29.8 Å². The van der Waals surface area contributed by atoms with E-state index < -0.39 is 0 Å². The third-order valence-corrected chi connectivity index (χ3v) is 2.50. The van der Waals surface area contributed by atoms with Gasteiger partial charge in [0.15, 0.2) is 0 Å². The number of benzene rings is 1. The minimum Gasteiger partial charge on any atom is -0.493 e. The molecule has 1 aromatic carbocycles. The second kappa shape index (κ2) is 6.42. The average molecular weight is 246 g/mol. The van der Waals surface area contributed by atoms with Crippen LogP contribution in [0.4, 0.5) is 0 Å². The molecule has 0 fully saturated rings. The molecule has 3 nitrogen and oxygen atoms in total. The van der Waals surface area contributed by atoms with Crippen LogP contribution in [0, 0.1) is 17.2 Å². The molecule has 0 aromatic heterocycles. The van der Waals surface area contributed by atoms with E-state index in [1.807, 2.05) is 12.1 Å². The summed E-state index contributed by atoms with van der Waals surface area (Å²) in [7, 11) is 0. The second-order valence-electron chi connectivity index (χ2n) is 5.68. The van der Waals surface area contributed by atoms with Gasteiger partial charge in [-0.3, -0.25) is 0 Å². The normalized spacial score (nSPS) is 12.8. The Bertz CT molecular complexity index is 398. The van der Waals surface area contributed by atoms with Gasteiger partial charge in [-0.1, -0.05) is 6.92 Å². The Morgan fingerprint density at radius 2 is 1.89 bits per heavy atom. The molecule has 3 heteroatoms. The molecule has 1 rings (SSSR count). The molecule has 1 atom stereocenters. The molecule has 0 radical (unpaired) electrons. The molecule has 0 aliphatic heterocycles. The number of nitrogens with zero attached hydrogens (tertiary/aromatic N) is 1. The smallest absolute Gasteiger partial charge is 0.119 e.